The van der Waals surface area contributed by atoms with Crippen molar-refractivity contribution < 1.29 is 14.7 Å². The van der Waals surface area contributed by atoms with Gasteiger partial charge in [-0.3, -0.25) is 9.59 Å². The van der Waals surface area contributed by atoms with E-state index >= 15 is 0 Å². The summed E-state index contributed by atoms with van der Waals surface area (Å²) in [5.74, 6) is -0.697. The van der Waals surface area contributed by atoms with Crippen LogP contribution in [0.25, 0.3) is 0 Å². The minimum atomic E-state index is -1.01. The van der Waals surface area contributed by atoms with Crippen LogP contribution < -0.4 is 10.6 Å². The molecule has 2 amide bonds. The van der Waals surface area contributed by atoms with Crippen LogP contribution in [0.2, 0.25) is 5.02 Å². The molecule has 1 rings (SSSR count). The summed E-state index contributed by atoms with van der Waals surface area (Å²) in [6, 6.07) is 4.73. The molecule has 5 nitrogen and oxygen atoms in total. The zero-order valence-electron chi connectivity index (χ0n) is 14.2. The minimum Gasteiger partial charge on any atom is -0.388 e. The van der Waals surface area contributed by atoms with Gasteiger partial charge < -0.3 is 15.7 Å². The molecular formula is C17H25ClN2O3. The van der Waals surface area contributed by atoms with Crippen LogP contribution in [0.3, 0.4) is 0 Å². The summed E-state index contributed by atoms with van der Waals surface area (Å²) in [6.45, 7) is 9.10. The van der Waals surface area contributed by atoms with Crippen LogP contribution in [-0.4, -0.2) is 29.1 Å². The average molecular weight is 341 g/mol. The van der Waals surface area contributed by atoms with E-state index < -0.39 is 11.5 Å². The molecule has 3 N–H and O–H groups in total. The lowest BCUT2D eigenvalue weighted by Crippen LogP contribution is -2.44. The third-order valence-electron chi connectivity index (χ3n) is 3.85. The maximum absolute atomic E-state index is 12.3. The van der Waals surface area contributed by atoms with E-state index in [9.17, 15) is 14.7 Å². The summed E-state index contributed by atoms with van der Waals surface area (Å²) in [5.41, 5.74) is -0.243. The molecule has 1 aromatic carbocycles. The van der Waals surface area contributed by atoms with Gasteiger partial charge in [-0.15, -0.1) is 0 Å². The fraction of sp³-hybridized carbons (Fsp3) is 0.529. The van der Waals surface area contributed by atoms with E-state index in [1.807, 2.05) is 13.8 Å². The second kappa shape index (κ2) is 7.79. The predicted molar refractivity (Wildman–Crippen MR) is 92.7 cm³/mol. The molecule has 1 unspecified atom stereocenters. The van der Waals surface area contributed by atoms with Crippen molar-refractivity contribution in [3.8, 4) is 0 Å². The Bertz CT molecular complexity index is 583. The highest BCUT2D eigenvalue weighted by Gasteiger charge is 2.26. The van der Waals surface area contributed by atoms with E-state index in [1.54, 1.807) is 32.9 Å². The Morgan fingerprint density at radius 1 is 1.26 bits per heavy atom. The SMILES string of the molecule is CC(C)C(=O)Nc1ccc(Cl)c(C(=O)NCC(C)(O)C(C)C)c1. The van der Waals surface area contributed by atoms with Gasteiger partial charge in [-0.2, -0.15) is 0 Å². The number of amides is 2. The van der Waals surface area contributed by atoms with Crippen molar-refractivity contribution in [1.29, 1.82) is 0 Å². The first-order valence-electron chi connectivity index (χ1n) is 7.65. The van der Waals surface area contributed by atoms with E-state index in [0.29, 0.717) is 5.69 Å². The number of rotatable bonds is 6. The second-order valence-corrected chi connectivity index (χ2v) is 6.94. The Kier molecular flexibility index (Phi) is 6.59. The van der Waals surface area contributed by atoms with E-state index in [1.165, 1.54) is 6.07 Å². The van der Waals surface area contributed by atoms with Gasteiger partial charge in [0.15, 0.2) is 0 Å². The van der Waals surface area contributed by atoms with Crippen molar-refractivity contribution in [3.63, 3.8) is 0 Å². The van der Waals surface area contributed by atoms with Gasteiger partial charge in [0.1, 0.15) is 0 Å². The Morgan fingerprint density at radius 2 is 1.87 bits per heavy atom. The summed E-state index contributed by atoms with van der Waals surface area (Å²) in [7, 11) is 0. The quantitative estimate of drug-likeness (QED) is 0.744. The van der Waals surface area contributed by atoms with Crippen LogP contribution in [0.5, 0.6) is 0 Å². The van der Waals surface area contributed by atoms with Crippen molar-refractivity contribution in [3.05, 3.63) is 28.8 Å². The summed E-state index contributed by atoms with van der Waals surface area (Å²) < 4.78 is 0. The van der Waals surface area contributed by atoms with Gasteiger partial charge in [-0.1, -0.05) is 39.3 Å². The molecule has 128 valence electrons. The molecule has 0 radical (unpaired) electrons. The average Bonchev–Trinajstić information content (AvgIpc) is 2.46. The maximum Gasteiger partial charge on any atom is 0.252 e. The first-order chi connectivity index (χ1) is 10.5. The summed E-state index contributed by atoms with van der Waals surface area (Å²) >= 11 is 6.07. The normalized spacial score (nSPS) is 13.8. The van der Waals surface area contributed by atoms with Crippen LogP contribution in [0.15, 0.2) is 18.2 Å². The molecule has 0 fully saturated rings. The highest BCUT2D eigenvalue weighted by Crippen LogP contribution is 2.22. The van der Waals surface area contributed by atoms with Crippen molar-refractivity contribution in [2.24, 2.45) is 11.8 Å². The van der Waals surface area contributed by atoms with E-state index in [4.69, 9.17) is 11.6 Å². The van der Waals surface area contributed by atoms with Crippen molar-refractivity contribution in [2.45, 2.75) is 40.2 Å². The lowest BCUT2D eigenvalue weighted by molar-refractivity contribution is -0.118. The van der Waals surface area contributed by atoms with Crippen LogP contribution in [0, 0.1) is 11.8 Å². The van der Waals surface area contributed by atoms with Crippen LogP contribution >= 0.6 is 11.6 Å². The van der Waals surface area contributed by atoms with Gasteiger partial charge >= 0.3 is 0 Å². The number of aliphatic hydroxyl groups is 1. The number of nitrogens with one attached hydrogen (secondary N) is 2. The number of carbonyl (C=O) groups excluding carboxylic acids is 2. The highest BCUT2D eigenvalue weighted by molar-refractivity contribution is 6.34. The zero-order valence-corrected chi connectivity index (χ0v) is 15.0. The Balaban J connectivity index is 2.86. The minimum absolute atomic E-state index is 0.00469. The molecule has 0 bridgehead atoms. The van der Waals surface area contributed by atoms with Gasteiger partial charge in [0.05, 0.1) is 16.2 Å². The molecule has 0 spiro atoms. The van der Waals surface area contributed by atoms with Gasteiger partial charge in [-0.05, 0) is 31.0 Å². The van der Waals surface area contributed by atoms with E-state index in [2.05, 4.69) is 10.6 Å². The van der Waals surface area contributed by atoms with Crippen molar-refractivity contribution in [2.75, 3.05) is 11.9 Å². The number of hydrogen-bond acceptors (Lipinski definition) is 3. The Hall–Kier alpha value is -1.59. The first kappa shape index (κ1) is 19.5. The Morgan fingerprint density at radius 3 is 2.39 bits per heavy atom. The van der Waals surface area contributed by atoms with Crippen LogP contribution in [-0.2, 0) is 4.79 Å². The molecule has 0 saturated carbocycles. The third-order valence-corrected chi connectivity index (χ3v) is 4.18. The molecule has 0 aromatic heterocycles. The maximum atomic E-state index is 12.3. The molecule has 0 aliphatic rings. The predicted octanol–water partition coefficient (Wildman–Crippen LogP) is 3.07. The number of hydrogen-bond donors (Lipinski definition) is 3. The van der Waals surface area contributed by atoms with Gasteiger partial charge in [0, 0.05) is 18.2 Å². The van der Waals surface area contributed by atoms with Crippen molar-refractivity contribution >= 4 is 29.1 Å². The summed E-state index contributed by atoms with van der Waals surface area (Å²) in [4.78, 5) is 24.0. The fourth-order valence-electron chi connectivity index (χ4n) is 1.62. The monoisotopic (exact) mass is 340 g/mol. The molecule has 0 heterocycles. The molecular weight excluding hydrogens is 316 g/mol. The number of anilines is 1. The Labute approximate surface area is 142 Å². The van der Waals surface area contributed by atoms with Crippen LogP contribution in [0.1, 0.15) is 45.0 Å². The van der Waals surface area contributed by atoms with E-state index in [0.717, 1.165) is 0 Å². The fourth-order valence-corrected chi connectivity index (χ4v) is 1.83. The van der Waals surface area contributed by atoms with Crippen LogP contribution in [0.4, 0.5) is 5.69 Å². The topological polar surface area (TPSA) is 78.4 Å². The molecule has 0 aliphatic carbocycles. The molecule has 1 aromatic rings. The van der Waals surface area contributed by atoms with Gasteiger partial charge in [0.25, 0.3) is 5.91 Å². The molecule has 6 heteroatoms. The highest BCUT2D eigenvalue weighted by atomic mass is 35.5. The number of carbonyl (C=O) groups is 2. The zero-order chi connectivity index (χ0) is 17.8. The lowest BCUT2D eigenvalue weighted by Gasteiger charge is -2.27. The molecule has 23 heavy (non-hydrogen) atoms. The molecule has 1 atom stereocenters. The second-order valence-electron chi connectivity index (χ2n) is 6.53. The first-order valence-corrected chi connectivity index (χ1v) is 8.03. The number of benzene rings is 1. The summed E-state index contributed by atoms with van der Waals surface area (Å²) in [6.07, 6.45) is 0. The summed E-state index contributed by atoms with van der Waals surface area (Å²) in [5, 5.41) is 15.9. The lowest BCUT2D eigenvalue weighted by atomic mass is 9.92. The van der Waals surface area contributed by atoms with E-state index in [-0.39, 0.29) is 34.9 Å². The molecule has 0 saturated heterocycles. The van der Waals surface area contributed by atoms with Gasteiger partial charge in [0.2, 0.25) is 5.91 Å². The van der Waals surface area contributed by atoms with Gasteiger partial charge in [-0.25, -0.2) is 0 Å². The number of halogens is 1. The standard InChI is InChI=1S/C17H25ClN2O3/c1-10(2)15(21)20-12-6-7-14(18)13(8-12)16(22)19-9-17(5,23)11(3)4/h6-8,10-11,23H,9H2,1-5H3,(H,19,22)(H,20,21). The van der Waals surface area contributed by atoms with Crippen molar-refractivity contribution in [1.82, 2.24) is 5.32 Å². The smallest absolute Gasteiger partial charge is 0.252 e. The third kappa shape index (κ3) is 5.52. The molecule has 0 aliphatic heterocycles. The largest absolute Gasteiger partial charge is 0.388 e.